The molecule has 30 heavy (non-hydrogen) atoms. The number of methoxy groups -OCH3 is 1. The fraction of sp³-hybridized carbons (Fsp3) is 0.348. The Labute approximate surface area is 175 Å². The van der Waals surface area contributed by atoms with Crippen molar-refractivity contribution < 1.29 is 24.2 Å². The summed E-state index contributed by atoms with van der Waals surface area (Å²) in [5.74, 6) is -1.05. The van der Waals surface area contributed by atoms with E-state index in [1.165, 1.54) is 12.0 Å². The van der Waals surface area contributed by atoms with E-state index in [0.717, 1.165) is 0 Å². The molecule has 1 amide bonds. The van der Waals surface area contributed by atoms with Crippen LogP contribution in [0.1, 0.15) is 37.4 Å². The van der Waals surface area contributed by atoms with Gasteiger partial charge in [-0.25, -0.2) is 0 Å². The molecule has 7 heteroatoms. The van der Waals surface area contributed by atoms with Crippen molar-refractivity contribution in [3.8, 4) is 5.75 Å². The summed E-state index contributed by atoms with van der Waals surface area (Å²) < 4.78 is 10.8. The van der Waals surface area contributed by atoms with Crippen molar-refractivity contribution >= 4 is 17.4 Å². The van der Waals surface area contributed by atoms with Gasteiger partial charge in [0.05, 0.1) is 24.8 Å². The van der Waals surface area contributed by atoms with Crippen molar-refractivity contribution in [2.45, 2.75) is 32.4 Å². The SMILES string of the molecule is COc1cccc(C(O)=C2C(=O)C(=O)N(CCCOC(C)C)[C@@H]2c2cccnc2)c1. The van der Waals surface area contributed by atoms with Crippen LogP contribution in [0.5, 0.6) is 5.75 Å². The molecule has 7 nitrogen and oxygen atoms in total. The summed E-state index contributed by atoms with van der Waals surface area (Å²) in [6, 6.07) is 9.56. The number of hydrogen-bond donors (Lipinski definition) is 1. The van der Waals surface area contributed by atoms with Crippen LogP contribution in [0.3, 0.4) is 0 Å². The Morgan fingerprint density at radius 1 is 1.23 bits per heavy atom. The topological polar surface area (TPSA) is 89.0 Å². The molecule has 0 saturated carbocycles. The van der Waals surface area contributed by atoms with Gasteiger partial charge in [0.15, 0.2) is 0 Å². The fourth-order valence-corrected chi connectivity index (χ4v) is 3.47. The van der Waals surface area contributed by atoms with Gasteiger partial charge in [0.2, 0.25) is 0 Å². The highest BCUT2D eigenvalue weighted by Gasteiger charge is 2.45. The van der Waals surface area contributed by atoms with E-state index in [-0.39, 0.29) is 17.4 Å². The highest BCUT2D eigenvalue weighted by atomic mass is 16.5. The molecule has 1 atom stereocenters. The van der Waals surface area contributed by atoms with E-state index in [1.54, 1.807) is 48.8 Å². The Morgan fingerprint density at radius 3 is 2.70 bits per heavy atom. The minimum Gasteiger partial charge on any atom is -0.507 e. The molecule has 1 saturated heterocycles. The molecular formula is C23H26N2O5. The molecule has 0 spiro atoms. The number of aromatic nitrogens is 1. The van der Waals surface area contributed by atoms with E-state index in [4.69, 9.17) is 9.47 Å². The number of pyridine rings is 1. The Morgan fingerprint density at radius 2 is 2.03 bits per heavy atom. The Hall–Kier alpha value is -3.19. The minimum atomic E-state index is -0.719. The average Bonchev–Trinajstić information content (AvgIpc) is 3.01. The third-order valence-electron chi connectivity index (χ3n) is 4.88. The summed E-state index contributed by atoms with van der Waals surface area (Å²) in [5.41, 5.74) is 1.11. The first-order chi connectivity index (χ1) is 14.4. The van der Waals surface area contributed by atoms with Crippen molar-refractivity contribution in [2.24, 2.45) is 0 Å². The third-order valence-corrected chi connectivity index (χ3v) is 4.88. The average molecular weight is 410 g/mol. The summed E-state index contributed by atoms with van der Waals surface area (Å²) in [7, 11) is 1.52. The first kappa shape index (κ1) is 21.5. The monoisotopic (exact) mass is 410 g/mol. The first-order valence-corrected chi connectivity index (χ1v) is 9.88. The van der Waals surface area contributed by atoms with Crippen LogP contribution < -0.4 is 4.74 Å². The second-order valence-electron chi connectivity index (χ2n) is 7.28. The second-order valence-corrected chi connectivity index (χ2v) is 7.28. The predicted molar refractivity (Wildman–Crippen MR) is 112 cm³/mol. The van der Waals surface area contributed by atoms with Gasteiger partial charge in [-0.1, -0.05) is 18.2 Å². The second kappa shape index (κ2) is 9.54. The summed E-state index contributed by atoms with van der Waals surface area (Å²) in [6.45, 7) is 4.67. The number of hydrogen-bond acceptors (Lipinski definition) is 6. The number of Topliss-reactive ketones (excluding diaryl/α,β-unsaturated/α-hetero) is 1. The molecule has 0 aliphatic carbocycles. The number of aliphatic hydroxyl groups excluding tert-OH is 1. The first-order valence-electron chi connectivity index (χ1n) is 9.88. The van der Waals surface area contributed by atoms with Gasteiger partial charge in [0.1, 0.15) is 11.5 Å². The van der Waals surface area contributed by atoms with Gasteiger partial charge in [0, 0.05) is 31.1 Å². The Bertz CT molecular complexity index is 940. The van der Waals surface area contributed by atoms with Crippen LogP contribution >= 0.6 is 0 Å². The van der Waals surface area contributed by atoms with Crippen molar-refractivity contribution in [1.82, 2.24) is 9.88 Å². The highest BCUT2D eigenvalue weighted by molar-refractivity contribution is 6.46. The van der Waals surface area contributed by atoms with E-state index in [9.17, 15) is 14.7 Å². The summed E-state index contributed by atoms with van der Waals surface area (Å²) >= 11 is 0. The van der Waals surface area contributed by atoms with Crippen LogP contribution in [0.2, 0.25) is 0 Å². The molecule has 3 rings (SSSR count). The van der Waals surface area contributed by atoms with E-state index < -0.39 is 17.7 Å². The quantitative estimate of drug-likeness (QED) is 0.311. The number of ether oxygens (including phenoxy) is 2. The normalized spacial score (nSPS) is 18.3. The zero-order valence-electron chi connectivity index (χ0n) is 17.4. The maximum atomic E-state index is 12.9. The Kier molecular flexibility index (Phi) is 6.84. The van der Waals surface area contributed by atoms with Crippen LogP contribution in [0.4, 0.5) is 0 Å². The molecule has 158 valence electrons. The number of aliphatic hydroxyl groups is 1. The lowest BCUT2D eigenvalue weighted by molar-refractivity contribution is -0.140. The van der Waals surface area contributed by atoms with Gasteiger partial charge in [0.25, 0.3) is 11.7 Å². The molecule has 2 heterocycles. The zero-order valence-corrected chi connectivity index (χ0v) is 17.4. The van der Waals surface area contributed by atoms with Crippen LogP contribution in [0.25, 0.3) is 5.76 Å². The molecule has 1 aliphatic rings. The number of nitrogens with zero attached hydrogens (tertiary/aromatic N) is 2. The van der Waals surface area contributed by atoms with Gasteiger partial charge in [-0.15, -0.1) is 0 Å². The lowest BCUT2D eigenvalue weighted by atomic mass is 9.96. The molecule has 1 aromatic carbocycles. The number of benzene rings is 1. The van der Waals surface area contributed by atoms with Gasteiger partial charge in [-0.05, 0) is 44.0 Å². The number of rotatable bonds is 8. The van der Waals surface area contributed by atoms with Crippen LogP contribution in [-0.4, -0.2) is 53.0 Å². The molecule has 0 bridgehead atoms. The van der Waals surface area contributed by atoms with Gasteiger partial charge >= 0.3 is 0 Å². The van der Waals surface area contributed by atoms with Gasteiger partial charge in [-0.2, -0.15) is 0 Å². The van der Waals surface area contributed by atoms with Crippen LogP contribution in [0.15, 0.2) is 54.4 Å². The summed E-state index contributed by atoms with van der Waals surface area (Å²) in [5, 5.41) is 11.0. The van der Waals surface area contributed by atoms with E-state index in [2.05, 4.69) is 4.98 Å². The standard InChI is InChI=1S/C23H26N2O5/c1-15(2)30-12-6-11-25-20(17-8-5-10-24-14-17)19(22(27)23(25)28)21(26)16-7-4-9-18(13-16)29-3/h4-5,7-10,13-15,20,26H,6,11-12H2,1-3H3/t20-/m1/s1. The van der Waals surface area contributed by atoms with Crippen LogP contribution in [-0.2, 0) is 14.3 Å². The van der Waals surface area contributed by atoms with Gasteiger partial charge in [-0.3, -0.25) is 14.6 Å². The predicted octanol–water partition coefficient (Wildman–Crippen LogP) is 3.33. The largest absolute Gasteiger partial charge is 0.507 e. The Balaban J connectivity index is 2.01. The fourth-order valence-electron chi connectivity index (χ4n) is 3.47. The van der Waals surface area contributed by atoms with Crippen LogP contribution in [0, 0.1) is 0 Å². The number of ketones is 1. The van der Waals surface area contributed by atoms with Gasteiger partial charge < -0.3 is 19.5 Å². The van der Waals surface area contributed by atoms with E-state index >= 15 is 0 Å². The van der Waals surface area contributed by atoms with Crippen molar-refractivity contribution in [3.63, 3.8) is 0 Å². The molecule has 1 N–H and O–H groups in total. The lowest BCUT2D eigenvalue weighted by Gasteiger charge is -2.25. The molecule has 0 radical (unpaired) electrons. The van der Waals surface area contributed by atoms with E-state index in [0.29, 0.717) is 36.4 Å². The van der Waals surface area contributed by atoms with Crippen molar-refractivity contribution in [1.29, 1.82) is 0 Å². The minimum absolute atomic E-state index is 0.0473. The number of amides is 1. The molecular weight excluding hydrogens is 384 g/mol. The molecule has 2 aromatic rings. The molecule has 1 aromatic heterocycles. The maximum absolute atomic E-state index is 12.9. The summed E-state index contributed by atoms with van der Waals surface area (Å²) in [6.07, 6.45) is 3.88. The highest BCUT2D eigenvalue weighted by Crippen LogP contribution is 2.39. The number of likely N-dealkylation sites (tertiary alicyclic amines) is 1. The smallest absolute Gasteiger partial charge is 0.295 e. The molecule has 1 aliphatic heterocycles. The molecule has 1 fully saturated rings. The number of carbonyl (C=O) groups is 2. The number of carbonyl (C=O) groups excluding carboxylic acids is 2. The van der Waals surface area contributed by atoms with Crippen molar-refractivity contribution in [3.05, 3.63) is 65.5 Å². The summed E-state index contributed by atoms with van der Waals surface area (Å²) in [4.78, 5) is 31.4. The third kappa shape index (κ3) is 4.52. The molecule has 0 unspecified atom stereocenters. The van der Waals surface area contributed by atoms with E-state index in [1.807, 2.05) is 13.8 Å². The zero-order chi connectivity index (χ0) is 21.7. The lowest BCUT2D eigenvalue weighted by Crippen LogP contribution is -2.31. The van der Waals surface area contributed by atoms with Crippen molar-refractivity contribution in [2.75, 3.05) is 20.3 Å². The maximum Gasteiger partial charge on any atom is 0.295 e.